The fourth-order valence-electron chi connectivity index (χ4n) is 3.56. The van der Waals surface area contributed by atoms with E-state index in [0.29, 0.717) is 12.2 Å². The van der Waals surface area contributed by atoms with E-state index in [1.807, 2.05) is 30.3 Å². The SMILES string of the molecule is C[C@@H]1Oc2cc(S(=O)(=O)N3CCN(C(=O)NCc4ccccc4)CC3)c(Cl)cc2NC1=O. The highest BCUT2D eigenvalue weighted by Gasteiger charge is 2.34. The first-order chi connectivity index (χ1) is 15.3. The molecule has 2 N–H and O–H groups in total. The van der Waals surface area contributed by atoms with Gasteiger partial charge < -0.3 is 20.3 Å². The van der Waals surface area contributed by atoms with E-state index in [-0.39, 0.29) is 53.8 Å². The number of sulfonamides is 1. The molecule has 0 saturated carbocycles. The summed E-state index contributed by atoms with van der Waals surface area (Å²) < 4.78 is 33.2. The number of piperazine rings is 1. The van der Waals surface area contributed by atoms with Gasteiger partial charge in [0.25, 0.3) is 5.91 Å². The molecule has 170 valence electrons. The zero-order valence-electron chi connectivity index (χ0n) is 17.4. The Morgan fingerprint density at radius 2 is 1.88 bits per heavy atom. The third-order valence-corrected chi connectivity index (χ3v) is 7.76. The molecule has 0 bridgehead atoms. The summed E-state index contributed by atoms with van der Waals surface area (Å²) in [5.41, 5.74) is 1.31. The highest BCUT2D eigenvalue weighted by Crippen LogP contribution is 2.38. The van der Waals surface area contributed by atoms with Gasteiger partial charge in [0.1, 0.15) is 10.6 Å². The van der Waals surface area contributed by atoms with Crippen molar-refractivity contribution in [3.05, 3.63) is 53.1 Å². The van der Waals surface area contributed by atoms with Gasteiger partial charge in [0, 0.05) is 38.8 Å². The van der Waals surface area contributed by atoms with Crippen molar-refractivity contribution >= 4 is 39.2 Å². The first kappa shape index (κ1) is 22.4. The van der Waals surface area contributed by atoms with Gasteiger partial charge in [0.05, 0.1) is 10.7 Å². The van der Waals surface area contributed by atoms with Crippen molar-refractivity contribution in [3.63, 3.8) is 0 Å². The third kappa shape index (κ3) is 4.52. The van der Waals surface area contributed by atoms with Gasteiger partial charge in [-0.25, -0.2) is 13.2 Å². The Balaban J connectivity index is 1.41. The van der Waals surface area contributed by atoms with Gasteiger partial charge in [0.15, 0.2) is 6.10 Å². The van der Waals surface area contributed by atoms with Crippen LogP contribution in [0.5, 0.6) is 5.75 Å². The highest BCUT2D eigenvalue weighted by atomic mass is 35.5. The maximum Gasteiger partial charge on any atom is 0.317 e. The van der Waals surface area contributed by atoms with Gasteiger partial charge >= 0.3 is 6.03 Å². The number of hydrogen-bond donors (Lipinski definition) is 2. The van der Waals surface area contributed by atoms with E-state index in [1.165, 1.54) is 16.4 Å². The number of amides is 3. The number of carbonyl (C=O) groups is 2. The Kier molecular flexibility index (Phi) is 6.27. The summed E-state index contributed by atoms with van der Waals surface area (Å²) in [5.74, 6) is -0.0789. The van der Waals surface area contributed by atoms with Crippen LogP contribution in [-0.2, 0) is 21.4 Å². The molecule has 0 unspecified atom stereocenters. The summed E-state index contributed by atoms with van der Waals surface area (Å²) in [7, 11) is -3.91. The van der Waals surface area contributed by atoms with E-state index in [9.17, 15) is 18.0 Å². The molecule has 4 rings (SSSR count). The molecule has 9 nitrogen and oxygen atoms in total. The van der Waals surface area contributed by atoms with Crippen LogP contribution in [0.25, 0.3) is 0 Å². The lowest BCUT2D eigenvalue weighted by molar-refractivity contribution is -0.122. The Bertz CT molecular complexity index is 1130. The van der Waals surface area contributed by atoms with Crippen LogP contribution in [0.4, 0.5) is 10.5 Å². The predicted molar refractivity (Wildman–Crippen MR) is 119 cm³/mol. The molecule has 11 heteroatoms. The van der Waals surface area contributed by atoms with E-state index < -0.39 is 16.1 Å². The summed E-state index contributed by atoms with van der Waals surface area (Å²) in [6, 6.07) is 12.0. The number of fused-ring (bicyclic) bond motifs is 1. The molecule has 1 saturated heterocycles. The lowest BCUT2D eigenvalue weighted by Crippen LogP contribution is -2.53. The van der Waals surface area contributed by atoms with Crippen LogP contribution >= 0.6 is 11.6 Å². The van der Waals surface area contributed by atoms with Gasteiger partial charge in [-0.3, -0.25) is 4.79 Å². The molecular formula is C21H23ClN4O5S. The summed E-state index contributed by atoms with van der Waals surface area (Å²) in [5, 5.41) is 5.49. The number of urea groups is 1. The number of carbonyl (C=O) groups excluding carboxylic acids is 2. The van der Waals surface area contributed by atoms with Crippen LogP contribution in [0, 0.1) is 0 Å². The average molecular weight is 479 g/mol. The van der Waals surface area contributed by atoms with Crippen LogP contribution in [0.1, 0.15) is 12.5 Å². The molecule has 2 aromatic carbocycles. The summed E-state index contributed by atoms with van der Waals surface area (Å²) >= 11 is 6.24. The monoisotopic (exact) mass is 478 g/mol. The minimum absolute atomic E-state index is 0.00904. The quantitative estimate of drug-likeness (QED) is 0.700. The number of anilines is 1. The van der Waals surface area contributed by atoms with Crippen molar-refractivity contribution in [1.82, 2.24) is 14.5 Å². The number of halogens is 1. The average Bonchev–Trinajstić information content (AvgIpc) is 2.79. The zero-order valence-corrected chi connectivity index (χ0v) is 18.9. The molecule has 1 fully saturated rings. The van der Waals surface area contributed by atoms with E-state index in [2.05, 4.69) is 10.6 Å². The van der Waals surface area contributed by atoms with E-state index in [0.717, 1.165) is 5.56 Å². The number of nitrogens with zero attached hydrogens (tertiary/aromatic N) is 2. The molecule has 2 aliphatic heterocycles. The fraction of sp³-hybridized carbons (Fsp3) is 0.333. The zero-order chi connectivity index (χ0) is 22.9. The minimum Gasteiger partial charge on any atom is -0.479 e. The standard InChI is InChI=1S/C21H23ClN4O5S/c1-14-20(27)24-17-11-16(22)19(12-18(17)31-14)32(29,30)26-9-7-25(8-10-26)21(28)23-13-15-5-3-2-4-6-15/h2-6,11-12,14H,7-10,13H2,1H3,(H,23,28)(H,24,27)/t14-/m0/s1. The largest absolute Gasteiger partial charge is 0.479 e. The molecule has 2 aromatic rings. The molecule has 1 atom stereocenters. The van der Waals surface area contributed by atoms with E-state index in [4.69, 9.17) is 16.3 Å². The molecule has 2 aliphatic rings. The van der Waals surface area contributed by atoms with Gasteiger partial charge in [-0.05, 0) is 18.6 Å². The first-order valence-corrected chi connectivity index (χ1v) is 12.0. The van der Waals surface area contributed by atoms with E-state index in [1.54, 1.807) is 11.8 Å². The Labute approximate surface area is 191 Å². The van der Waals surface area contributed by atoms with Crippen molar-refractivity contribution in [1.29, 1.82) is 0 Å². The van der Waals surface area contributed by atoms with Crippen LogP contribution in [0.3, 0.4) is 0 Å². The molecular weight excluding hydrogens is 456 g/mol. The lowest BCUT2D eigenvalue weighted by atomic mass is 10.2. The molecule has 0 radical (unpaired) electrons. The Morgan fingerprint density at radius 1 is 1.19 bits per heavy atom. The molecule has 2 heterocycles. The van der Waals surface area contributed by atoms with Gasteiger partial charge in [0.2, 0.25) is 10.0 Å². The molecule has 0 aromatic heterocycles. The third-order valence-electron chi connectivity index (χ3n) is 5.40. The normalized spacial score (nSPS) is 19.0. The topological polar surface area (TPSA) is 108 Å². The van der Waals surface area contributed by atoms with Crippen LogP contribution in [-0.4, -0.2) is 61.8 Å². The first-order valence-electron chi connectivity index (χ1n) is 10.1. The molecule has 0 aliphatic carbocycles. The summed E-state index contributed by atoms with van der Waals surface area (Å²) in [6.07, 6.45) is -0.739. The molecule has 0 spiro atoms. The van der Waals surface area contributed by atoms with Gasteiger partial charge in [-0.1, -0.05) is 41.9 Å². The van der Waals surface area contributed by atoms with Crippen LogP contribution < -0.4 is 15.4 Å². The number of hydrogen-bond acceptors (Lipinski definition) is 5. The van der Waals surface area contributed by atoms with Gasteiger partial charge in [-0.15, -0.1) is 0 Å². The number of benzene rings is 2. The second kappa shape index (κ2) is 8.97. The second-order valence-corrected chi connectivity index (χ2v) is 9.88. The maximum atomic E-state index is 13.2. The fourth-order valence-corrected chi connectivity index (χ4v) is 5.50. The second-order valence-electron chi connectivity index (χ2n) is 7.56. The maximum absolute atomic E-state index is 13.2. The van der Waals surface area contributed by atoms with Crippen LogP contribution in [0.15, 0.2) is 47.4 Å². The highest BCUT2D eigenvalue weighted by molar-refractivity contribution is 7.89. The predicted octanol–water partition coefficient (Wildman–Crippen LogP) is 2.28. The minimum atomic E-state index is -3.91. The Hall–Kier alpha value is -2.82. The van der Waals surface area contributed by atoms with E-state index >= 15 is 0 Å². The van der Waals surface area contributed by atoms with Crippen molar-refractivity contribution in [2.45, 2.75) is 24.5 Å². The van der Waals surface area contributed by atoms with Crippen LogP contribution in [0.2, 0.25) is 5.02 Å². The van der Waals surface area contributed by atoms with Gasteiger partial charge in [-0.2, -0.15) is 4.31 Å². The molecule has 32 heavy (non-hydrogen) atoms. The smallest absolute Gasteiger partial charge is 0.317 e. The Morgan fingerprint density at radius 3 is 2.56 bits per heavy atom. The lowest BCUT2D eigenvalue weighted by Gasteiger charge is -2.34. The van der Waals surface area contributed by atoms with Crippen molar-refractivity contribution < 1.29 is 22.7 Å². The summed E-state index contributed by atoms with van der Waals surface area (Å²) in [6.45, 7) is 2.77. The number of nitrogens with one attached hydrogen (secondary N) is 2. The van der Waals surface area contributed by atoms with Crippen molar-refractivity contribution in [3.8, 4) is 5.75 Å². The number of ether oxygens (including phenoxy) is 1. The summed E-state index contributed by atoms with van der Waals surface area (Å²) in [4.78, 5) is 25.7. The number of rotatable bonds is 4. The van der Waals surface area contributed by atoms with Crippen molar-refractivity contribution in [2.24, 2.45) is 0 Å². The van der Waals surface area contributed by atoms with Crippen molar-refractivity contribution in [2.75, 3.05) is 31.5 Å². The molecule has 3 amide bonds.